The van der Waals surface area contributed by atoms with Crippen molar-refractivity contribution >= 4 is 32.7 Å². The Morgan fingerprint density at radius 1 is 1.09 bits per heavy atom. The summed E-state index contributed by atoms with van der Waals surface area (Å²) in [6.07, 6.45) is 0. The van der Waals surface area contributed by atoms with Gasteiger partial charge in [0.1, 0.15) is 11.3 Å². The van der Waals surface area contributed by atoms with Gasteiger partial charge in [-0.15, -0.1) is 0 Å². The Bertz CT molecular complexity index is 898. The van der Waals surface area contributed by atoms with E-state index < -0.39 is 5.63 Å². The lowest BCUT2D eigenvalue weighted by Gasteiger charge is -2.06. The van der Waals surface area contributed by atoms with Gasteiger partial charge in [-0.25, -0.2) is 4.79 Å². The number of ketones is 1. The summed E-state index contributed by atoms with van der Waals surface area (Å²) in [4.78, 5) is 23.3. The van der Waals surface area contributed by atoms with Crippen molar-refractivity contribution in [3.05, 3.63) is 75.1 Å². The first-order chi connectivity index (χ1) is 10.6. The van der Waals surface area contributed by atoms with Gasteiger partial charge in [0, 0.05) is 27.6 Å². The van der Waals surface area contributed by atoms with E-state index in [1.54, 1.807) is 42.5 Å². The minimum atomic E-state index is -0.421. The molecule has 2 aromatic carbocycles. The Kier molecular flexibility index (Phi) is 4.06. The van der Waals surface area contributed by atoms with Gasteiger partial charge < -0.3 is 9.15 Å². The third-order valence-corrected chi connectivity index (χ3v) is 3.60. The topological polar surface area (TPSA) is 56.5 Å². The Labute approximate surface area is 134 Å². The molecule has 3 aromatic rings. The molecule has 4 nitrogen and oxygen atoms in total. The van der Waals surface area contributed by atoms with Crippen LogP contribution in [-0.2, 0) is 0 Å². The Hall–Kier alpha value is -2.40. The van der Waals surface area contributed by atoms with E-state index in [0.717, 1.165) is 9.86 Å². The number of hydrogen-bond acceptors (Lipinski definition) is 4. The van der Waals surface area contributed by atoms with Crippen molar-refractivity contribution in [1.29, 1.82) is 0 Å². The number of halogens is 1. The van der Waals surface area contributed by atoms with Crippen molar-refractivity contribution in [2.75, 3.05) is 6.61 Å². The van der Waals surface area contributed by atoms with Crippen molar-refractivity contribution in [1.82, 2.24) is 0 Å². The Morgan fingerprint density at radius 2 is 1.91 bits per heavy atom. The number of carbonyl (C=O) groups is 1. The second-order valence-electron chi connectivity index (χ2n) is 4.68. The summed E-state index contributed by atoms with van der Waals surface area (Å²) >= 11 is 3.33. The van der Waals surface area contributed by atoms with Crippen molar-refractivity contribution in [2.45, 2.75) is 0 Å². The molecular weight excluding hydrogens is 348 g/mol. The van der Waals surface area contributed by atoms with Gasteiger partial charge in [-0.05, 0) is 30.3 Å². The van der Waals surface area contributed by atoms with Crippen molar-refractivity contribution in [3.8, 4) is 5.75 Å². The van der Waals surface area contributed by atoms with Crippen LogP contribution in [0.25, 0.3) is 11.0 Å². The standard InChI is InChI=1S/C17H11BrO4/c18-13-3-1-2-12(8-13)15(19)10-21-14-6-4-11-5-7-17(20)22-16(11)9-14/h1-9H,10H2. The van der Waals surface area contributed by atoms with E-state index >= 15 is 0 Å². The normalized spacial score (nSPS) is 10.6. The van der Waals surface area contributed by atoms with E-state index in [2.05, 4.69) is 15.9 Å². The summed E-state index contributed by atoms with van der Waals surface area (Å²) in [7, 11) is 0. The molecule has 0 aliphatic rings. The highest BCUT2D eigenvalue weighted by molar-refractivity contribution is 9.10. The molecule has 0 fully saturated rings. The molecule has 1 heterocycles. The summed E-state index contributed by atoms with van der Waals surface area (Å²) in [6.45, 7) is -0.0843. The molecule has 22 heavy (non-hydrogen) atoms. The number of rotatable bonds is 4. The highest BCUT2D eigenvalue weighted by Gasteiger charge is 2.08. The lowest BCUT2D eigenvalue weighted by Crippen LogP contribution is -2.11. The van der Waals surface area contributed by atoms with Crippen LogP contribution in [0.4, 0.5) is 0 Å². The smallest absolute Gasteiger partial charge is 0.336 e. The molecule has 0 saturated heterocycles. The maximum absolute atomic E-state index is 12.1. The number of ether oxygens (including phenoxy) is 1. The average molecular weight is 359 g/mol. The zero-order chi connectivity index (χ0) is 15.5. The molecule has 0 atom stereocenters. The van der Waals surface area contributed by atoms with Crippen LogP contribution in [0.5, 0.6) is 5.75 Å². The van der Waals surface area contributed by atoms with Gasteiger partial charge in [-0.1, -0.05) is 28.1 Å². The zero-order valence-corrected chi connectivity index (χ0v) is 13.0. The Morgan fingerprint density at radius 3 is 2.73 bits per heavy atom. The van der Waals surface area contributed by atoms with Crippen molar-refractivity contribution < 1.29 is 13.9 Å². The highest BCUT2D eigenvalue weighted by atomic mass is 79.9. The number of carbonyl (C=O) groups excluding carboxylic acids is 1. The first kappa shape index (κ1) is 14.5. The fourth-order valence-corrected chi connectivity index (χ4v) is 2.42. The quantitative estimate of drug-likeness (QED) is 0.525. The van der Waals surface area contributed by atoms with Crippen LogP contribution in [-0.4, -0.2) is 12.4 Å². The molecule has 0 saturated carbocycles. The molecule has 110 valence electrons. The largest absolute Gasteiger partial charge is 0.485 e. The molecule has 0 radical (unpaired) electrons. The van der Waals surface area contributed by atoms with Crippen LogP contribution in [0.1, 0.15) is 10.4 Å². The van der Waals surface area contributed by atoms with Gasteiger partial charge in [0.15, 0.2) is 12.4 Å². The van der Waals surface area contributed by atoms with Gasteiger partial charge in [-0.2, -0.15) is 0 Å². The van der Waals surface area contributed by atoms with E-state index in [9.17, 15) is 9.59 Å². The SMILES string of the molecule is O=C(COc1ccc2ccc(=O)oc2c1)c1cccc(Br)c1. The molecule has 0 spiro atoms. The van der Waals surface area contributed by atoms with Gasteiger partial charge in [0.25, 0.3) is 0 Å². The van der Waals surface area contributed by atoms with Crippen LogP contribution in [0.3, 0.4) is 0 Å². The number of fused-ring (bicyclic) bond motifs is 1. The van der Waals surface area contributed by atoms with E-state index in [1.807, 2.05) is 6.07 Å². The molecular formula is C17H11BrO4. The predicted octanol–water partition coefficient (Wildman–Crippen LogP) is 3.82. The van der Waals surface area contributed by atoms with Crippen LogP contribution in [0.15, 0.2) is 68.3 Å². The predicted molar refractivity (Wildman–Crippen MR) is 86.5 cm³/mol. The molecule has 0 aliphatic carbocycles. The molecule has 5 heteroatoms. The monoisotopic (exact) mass is 358 g/mol. The maximum atomic E-state index is 12.1. The van der Waals surface area contributed by atoms with E-state index in [1.165, 1.54) is 6.07 Å². The molecule has 3 rings (SSSR count). The van der Waals surface area contributed by atoms with E-state index in [0.29, 0.717) is 16.9 Å². The molecule has 1 aromatic heterocycles. The number of benzene rings is 2. The summed E-state index contributed by atoms with van der Waals surface area (Å²) in [5.41, 5.74) is 0.580. The van der Waals surface area contributed by atoms with Crippen molar-refractivity contribution in [2.24, 2.45) is 0 Å². The molecule has 0 unspecified atom stereocenters. The molecule has 0 N–H and O–H groups in total. The zero-order valence-electron chi connectivity index (χ0n) is 11.4. The van der Waals surface area contributed by atoms with E-state index in [4.69, 9.17) is 9.15 Å². The third-order valence-electron chi connectivity index (χ3n) is 3.11. The second kappa shape index (κ2) is 6.15. The first-order valence-corrected chi connectivity index (χ1v) is 7.36. The van der Waals surface area contributed by atoms with Crippen molar-refractivity contribution in [3.63, 3.8) is 0 Å². The fourth-order valence-electron chi connectivity index (χ4n) is 2.02. The highest BCUT2D eigenvalue weighted by Crippen LogP contribution is 2.20. The summed E-state index contributed by atoms with van der Waals surface area (Å²) in [5.74, 6) is 0.348. The fraction of sp³-hybridized carbons (Fsp3) is 0.0588. The third kappa shape index (κ3) is 3.26. The lowest BCUT2D eigenvalue weighted by molar-refractivity contribution is 0.0921. The molecule has 0 amide bonds. The van der Waals surface area contributed by atoms with Crippen LogP contribution >= 0.6 is 15.9 Å². The minimum absolute atomic E-state index is 0.0843. The van der Waals surface area contributed by atoms with Crippen LogP contribution < -0.4 is 10.4 Å². The second-order valence-corrected chi connectivity index (χ2v) is 5.59. The maximum Gasteiger partial charge on any atom is 0.336 e. The van der Waals surface area contributed by atoms with Gasteiger partial charge in [-0.3, -0.25) is 4.79 Å². The Balaban J connectivity index is 1.76. The van der Waals surface area contributed by atoms with Crippen LogP contribution in [0, 0.1) is 0 Å². The summed E-state index contributed by atoms with van der Waals surface area (Å²) < 4.78 is 11.4. The molecule has 0 aliphatic heterocycles. The molecule has 0 bridgehead atoms. The first-order valence-electron chi connectivity index (χ1n) is 6.57. The van der Waals surface area contributed by atoms with E-state index in [-0.39, 0.29) is 12.4 Å². The summed E-state index contributed by atoms with van der Waals surface area (Å²) in [5, 5.41) is 0.797. The van der Waals surface area contributed by atoms with Gasteiger partial charge in [0.05, 0.1) is 0 Å². The summed E-state index contributed by atoms with van der Waals surface area (Å²) in [6, 6.07) is 15.3. The number of hydrogen-bond donors (Lipinski definition) is 0. The average Bonchev–Trinajstić information content (AvgIpc) is 2.52. The van der Waals surface area contributed by atoms with Crippen LogP contribution in [0.2, 0.25) is 0 Å². The minimum Gasteiger partial charge on any atom is -0.485 e. The number of Topliss-reactive ketones (excluding diaryl/α,β-unsaturated/α-hetero) is 1. The lowest BCUT2D eigenvalue weighted by atomic mass is 10.1. The van der Waals surface area contributed by atoms with Gasteiger partial charge in [0.2, 0.25) is 0 Å². The van der Waals surface area contributed by atoms with Gasteiger partial charge >= 0.3 is 5.63 Å².